The van der Waals surface area contributed by atoms with Crippen molar-refractivity contribution < 1.29 is 0 Å². The van der Waals surface area contributed by atoms with E-state index in [0.717, 1.165) is 65.0 Å². The molecule has 0 aliphatic rings. The van der Waals surface area contributed by atoms with Gasteiger partial charge >= 0.3 is 0 Å². The first-order valence-electron chi connectivity index (χ1n) is 10.3. The molecule has 6 heteroatoms. The Hall–Kier alpha value is -2.44. The molecular weight excluding hydrogens is 348 g/mol. The zero-order valence-electron chi connectivity index (χ0n) is 16.6. The molecule has 0 bridgehead atoms. The average molecular weight is 381 g/mol. The molecular formula is C22H32N6. The molecule has 0 amide bonds. The van der Waals surface area contributed by atoms with E-state index >= 15 is 0 Å². The van der Waals surface area contributed by atoms with Crippen molar-refractivity contribution in [2.45, 2.75) is 38.8 Å². The average Bonchev–Trinajstić information content (AvgIpc) is 3.42. The topological polar surface area (TPSA) is 59.7 Å². The Morgan fingerprint density at radius 2 is 1.11 bits per heavy atom. The monoisotopic (exact) mass is 380 g/mol. The lowest BCUT2D eigenvalue weighted by Gasteiger charge is -2.08. The van der Waals surface area contributed by atoms with Gasteiger partial charge in [-0.25, -0.2) is 9.97 Å². The summed E-state index contributed by atoms with van der Waals surface area (Å²) >= 11 is 0. The Bertz CT molecular complexity index is 669. The van der Waals surface area contributed by atoms with Gasteiger partial charge in [-0.1, -0.05) is 24.3 Å². The largest absolute Gasteiger partial charge is 0.337 e. The third-order valence-corrected chi connectivity index (χ3v) is 4.86. The van der Waals surface area contributed by atoms with Crippen molar-refractivity contribution in [3.05, 3.63) is 72.8 Å². The summed E-state index contributed by atoms with van der Waals surface area (Å²) < 4.78 is 4.24. The van der Waals surface area contributed by atoms with Gasteiger partial charge in [0.25, 0.3) is 0 Å². The number of nitrogens with one attached hydrogen (secondary N) is 2. The molecule has 0 radical (unpaired) electrons. The van der Waals surface area contributed by atoms with Crippen LogP contribution in [0.25, 0.3) is 0 Å². The lowest BCUT2D eigenvalue weighted by molar-refractivity contribution is 0.581. The van der Waals surface area contributed by atoms with Crippen LogP contribution in [0.1, 0.15) is 24.0 Å². The van der Waals surface area contributed by atoms with Crippen LogP contribution in [0.3, 0.4) is 0 Å². The summed E-state index contributed by atoms with van der Waals surface area (Å²) in [5.41, 5.74) is 2.80. The molecule has 0 aliphatic heterocycles. The van der Waals surface area contributed by atoms with Crippen LogP contribution in [-0.2, 0) is 25.9 Å². The summed E-state index contributed by atoms with van der Waals surface area (Å²) in [7, 11) is 0. The second kappa shape index (κ2) is 12.1. The van der Waals surface area contributed by atoms with Gasteiger partial charge in [-0.2, -0.15) is 0 Å². The van der Waals surface area contributed by atoms with Gasteiger partial charge in [0.05, 0.1) is 12.7 Å². The summed E-state index contributed by atoms with van der Waals surface area (Å²) in [5, 5.41) is 7.05. The van der Waals surface area contributed by atoms with Crippen LogP contribution in [0, 0.1) is 0 Å². The van der Waals surface area contributed by atoms with Gasteiger partial charge in [-0.3, -0.25) is 0 Å². The number of hydrogen-bond acceptors (Lipinski definition) is 4. The Balaban J connectivity index is 1.19. The molecule has 0 fully saturated rings. The van der Waals surface area contributed by atoms with Crippen molar-refractivity contribution in [2.24, 2.45) is 0 Å². The summed E-state index contributed by atoms with van der Waals surface area (Å²) in [6, 6.07) is 9.06. The normalized spacial score (nSPS) is 11.1. The van der Waals surface area contributed by atoms with Gasteiger partial charge in [-0.05, 0) is 63.0 Å². The minimum atomic E-state index is 1.03. The van der Waals surface area contributed by atoms with Gasteiger partial charge in [-0.15, -0.1) is 0 Å². The first-order valence-corrected chi connectivity index (χ1v) is 10.3. The molecule has 6 nitrogen and oxygen atoms in total. The van der Waals surface area contributed by atoms with E-state index in [9.17, 15) is 0 Å². The van der Waals surface area contributed by atoms with Crippen LogP contribution in [0.5, 0.6) is 0 Å². The Morgan fingerprint density at radius 3 is 1.50 bits per heavy atom. The minimum absolute atomic E-state index is 1.03. The van der Waals surface area contributed by atoms with Crippen molar-refractivity contribution in [1.82, 2.24) is 29.7 Å². The van der Waals surface area contributed by atoms with E-state index in [2.05, 4.69) is 54.0 Å². The van der Waals surface area contributed by atoms with E-state index < -0.39 is 0 Å². The maximum absolute atomic E-state index is 4.06. The Morgan fingerprint density at radius 1 is 0.643 bits per heavy atom. The molecule has 2 heterocycles. The first-order chi connectivity index (χ1) is 13.9. The van der Waals surface area contributed by atoms with Crippen molar-refractivity contribution in [3.8, 4) is 0 Å². The number of hydrogen-bond donors (Lipinski definition) is 2. The highest BCUT2D eigenvalue weighted by molar-refractivity contribution is 5.23. The summed E-state index contributed by atoms with van der Waals surface area (Å²) in [6.45, 7) is 6.20. The lowest BCUT2D eigenvalue weighted by atomic mass is 10.1. The van der Waals surface area contributed by atoms with E-state index in [1.165, 1.54) is 11.1 Å². The molecule has 0 spiro atoms. The molecule has 28 heavy (non-hydrogen) atoms. The maximum atomic E-state index is 4.06. The van der Waals surface area contributed by atoms with Crippen molar-refractivity contribution >= 4 is 0 Å². The predicted octanol–water partition coefficient (Wildman–Crippen LogP) is 2.52. The smallest absolute Gasteiger partial charge is 0.0945 e. The number of benzene rings is 1. The van der Waals surface area contributed by atoms with Gasteiger partial charge in [0.15, 0.2) is 0 Å². The molecule has 150 valence electrons. The number of aromatic nitrogens is 4. The predicted molar refractivity (Wildman–Crippen MR) is 113 cm³/mol. The zero-order valence-corrected chi connectivity index (χ0v) is 16.6. The van der Waals surface area contributed by atoms with Crippen LogP contribution in [0.15, 0.2) is 61.7 Å². The standard InChI is InChI=1S/C22H32N6/c1(15-27-17-13-25-19-27)9-23-11-7-21-3-5-22(6-4-21)8-12-24-10-2-16-28-18-14-26-20-28/h3-6,13-14,17-20,23-24H,1-2,7-12,15-16H2. The highest BCUT2D eigenvalue weighted by Gasteiger charge is 1.97. The molecule has 1 aromatic carbocycles. The van der Waals surface area contributed by atoms with E-state index in [4.69, 9.17) is 0 Å². The molecule has 2 N–H and O–H groups in total. The van der Waals surface area contributed by atoms with Crippen molar-refractivity contribution in [2.75, 3.05) is 26.2 Å². The molecule has 2 aromatic heterocycles. The fourth-order valence-corrected chi connectivity index (χ4v) is 3.20. The van der Waals surface area contributed by atoms with Crippen LogP contribution in [0.2, 0.25) is 0 Å². The van der Waals surface area contributed by atoms with Crippen LogP contribution < -0.4 is 10.6 Å². The number of nitrogens with zero attached hydrogens (tertiary/aromatic N) is 4. The number of rotatable bonds is 14. The Kier molecular flexibility index (Phi) is 8.77. The molecule has 0 aliphatic carbocycles. The molecule has 3 rings (SSSR count). The van der Waals surface area contributed by atoms with Crippen LogP contribution >= 0.6 is 0 Å². The molecule has 0 saturated carbocycles. The van der Waals surface area contributed by atoms with E-state index in [0.29, 0.717) is 0 Å². The highest BCUT2D eigenvalue weighted by atomic mass is 15.0. The van der Waals surface area contributed by atoms with Crippen molar-refractivity contribution in [1.29, 1.82) is 0 Å². The molecule has 0 unspecified atom stereocenters. The Labute approximate surface area is 168 Å². The second-order valence-corrected chi connectivity index (χ2v) is 7.12. The zero-order chi connectivity index (χ0) is 19.3. The van der Waals surface area contributed by atoms with E-state index in [-0.39, 0.29) is 0 Å². The van der Waals surface area contributed by atoms with Gasteiger partial charge in [0, 0.05) is 37.9 Å². The molecule has 3 aromatic rings. The quantitative estimate of drug-likeness (QED) is 0.422. The summed E-state index contributed by atoms with van der Waals surface area (Å²) in [4.78, 5) is 8.12. The van der Waals surface area contributed by atoms with Crippen LogP contribution in [0.4, 0.5) is 0 Å². The lowest BCUT2D eigenvalue weighted by Crippen LogP contribution is -2.20. The first kappa shape index (κ1) is 20.3. The van der Waals surface area contributed by atoms with Gasteiger partial charge in [0.2, 0.25) is 0 Å². The minimum Gasteiger partial charge on any atom is -0.337 e. The van der Waals surface area contributed by atoms with Gasteiger partial charge < -0.3 is 19.8 Å². The number of aryl methyl sites for hydroxylation is 2. The fourth-order valence-electron chi connectivity index (χ4n) is 3.20. The van der Waals surface area contributed by atoms with E-state index in [1.807, 2.05) is 37.4 Å². The van der Waals surface area contributed by atoms with Crippen molar-refractivity contribution in [3.63, 3.8) is 0 Å². The highest BCUT2D eigenvalue weighted by Crippen LogP contribution is 2.05. The fraction of sp³-hybridized carbons (Fsp3) is 0.455. The SMILES string of the molecule is c1cn(CCCNCCc2ccc(CCNCCCn3ccnc3)cc2)cn1. The number of imidazole rings is 2. The summed E-state index contributed by atoms with van der Waals surface area (Å²) in [6.07, 6.45) is 15.9. The third-order valence-electron chi connectivity index (χ3n) is 4.86. The maximum Gasteiger partial charge on any atom is 0.0945 e. The molecule has 0 atom stereocenters. The van der Waals surface area contributed by atoms with Gasteiger partial charge in [0.1, 0.15) is 0 Å². The summed E-state index contributed by atoms with van der Waals surface area (Å²) in [5.74, 6) is 0. The van der Waals surface area contributed by atoms with E-state index in [1.54, 1.807) is 0 Å². The second-order valence-electron chi connectivity index (χ2n) is 7.12. The third kappa shape index (κ3) is 7.66. The molecule has 0 saturated heterocycles. The van der Waals surface area contributed by atoms with Crippen LogP contribution in [-0.4, -0.2) is 45.3 Å².